The van der Waals surface area contributed by atoms with Gasteiger partial charge in [-0.2, -0.15) is 0 Å². The van der Waals surface area contributed by atoms with E-state index >= 15 is 0 Å². The van der Waals surface area contributed by atoms with E-state index in [4.69, 9.17) is 10.5 Å². The van der Waals surface area contributed by atoms with Gasteiger partial charge in [-0.15, -0.1) is 0 Å². The van der Waals surface area contributed by atoms with Crippen LogP contribution < -0.4 is 10.5 Å². The van der Waals surface area contributed by atoms with Crippen LogP contribution in [0.3, 0.4) is 0 Å². The molecular formula is C17H19F2NO. The predicted molar refractivity (Wildman–Crippen MR) is 79.3 cm³/mol. The van der Waals surface area contributed by atoms with Gasteiger partial charge in [-0.25, -0.2) is 8.78 Å². The third-order valence-electron chi connectivity index (χ3n) is 3.56. The summed E-state index contributed by atoms with van der Waals surface area (Å²) in [6, 6.07) is 11.4. The number of hydrogen-bond acceptors (Lipinski definition) is 2. The van der Waals surface area contributed by atoms with Gasteiger partial charge in [0.15, 0.2) is 0 Å². The number of hydrogen-bond donors (Lipinski definition) is 1. The van der Waals surface area contributed by atoms with E-state index < -0.39 is 11.6 Å². The highest BCUT2D eigenvalue weighted by atomic mass is 19.1. The summed E-state index contributed by atoms with van der Waals surface area (Å²) in [5.41, 5.74) is 7.33. The maximum Gasteiger partial charge on any atom is 0.129 e. The summed E-state index contributed by atoms with van der Waals surface area (Å²) >= 11 is 0. The molecule has 0 aliphatic carbocycles. The molecule has 1 unspecified atom stereocenters. The highest BCUT2D eigenvalue weighted by Crippen LogP contribution is 2.23. The fourth-order valence-corrected chi connectivity index (χ4v) is 2.42. The van der Waals surface area contributed by atoms with E-state index in [1.54, 1.807) is 7.11 Å². The van der Waals surface area contributed by atoms with Crippen LogP contribution in [0.15, 0.2) is 42.5 Å². The smallest absolute Gasteiger partial charge is 0.129 e. The molecule has 2 aromatic rings. The molecule has 2 N–H and O–H groups in total. The zero-order valence-corrected chi connectivity index (χ0v) is 12.0. The lowest BCUT2D eigenvalue weighted by Crippen LogP contribution is -2.20. The second-order valence-corrected chi connectivity index (χ2v) is 5.06. The number of para-hydroxylation sites is 1. The average Bonchev–Trinajstić information content (AvgIpc) is 2.49. The van der Waals surface area contributed by atoms with Crippen LogP contribution in [0.1, 0.15) is 11.1 Å². The molecule has 0 saturated heterocycles. The van der Waals surface area contributed by atoms with Crippen molar-refractivity contribution in [2.75, 3.05) is 13.7 Å². The van der Waals surface area contributed by atoms with Crippen molar-refractivity contribution < 1.29 is 13.5 Å². The van der Waals surface area contributed by atoms with Crippen molar-refractivity contribution in [3.63, 3.8) is 0 Å². The summed E-state index contributed by atoms with van der Waals surface area (Å²) in [5.74, 6) is -0.212. The average molecular weight is 291 g/mol. The van der Waals surface area contributed by atoms with E-state index in [-0.39, 0.29) is 5.92 Å². The second-order valence-electron chi connectivity index (χ2n) is 5.06. The number of nitrogens with two attached hydrogens (primary N) is 1. The van der Waals surface area contributed by atoms with Crippen molar-refractivity contribution in [1.82, 2.24) is 0 Å². The first-order valence-electron chi connectivity index (χ1n) is 6.90. The van der Waals surface area contributed by atoms with Crippen LogP contribution in [0.5, 0.6) is 5.75 Å². The Morgan fingerprint density at radius 3 is 2.43 bits per heavy atom. The van der Waals surface area contributed by atoms with Crippen LogP contribution >= 0.6 is 0 Å². The molecule has 2 rings (SSSR count). The standard InChI is InChI=1S/C17H19F2NO/c1-21-17-5-3-2-4-14(17)9-12(11-20)8-13-6-7-15(18)10-16(13)19/h2-7,10,12H,8-9,11,20H2,1H3. The highest BCUT2D eigenvalue weighted by Gasteiger charge is 2.14. The summed E-state index contributed by atoms with van der Waals surface area (Å²) in [5, 5.41) is 0. The molecule has 21 heavy (non-hydrogen) atoms. The first-order valence-corrected chi connectivity index (χ1v) is 6.90. The molecule has 0 saturated carbocycles. The molecule has 0 fully saturated rings. The first-order chi connectivity index (χ1) is 10.1. The zero-order chi connectivity index (χ0) is 15.2. The van der Waals surface area contributed by atoms with Gasteiger partial charge >= 0.3 is 0 Å². The van der Waals surface area contributed by atoms with Gasteiger partial charge < -0.3 is 10.5 Å². The SMILES string of the molecule is COc1ccccc1CC(CN)Cc1ccc(F)cc1F. The lowest BCUT2D eigenvalue weighted by molar-refractivity contribution is 0.403. The van der Waals surface area contributed by atoms with Gasteiger partial charge in [-0.3, -0.25) is 0 Å². The minimum atomic E-state index is -0.565. The number of rotatable bonds is 6. The Balaban J connectivity index is 2.13. The van der Waals surface area contributed by atoms with Gasteiger partial charge in [0, 0.05) is 6.07 Å². The van der Waals surface area contributed by atoms with E-state index in [0.717, 1.165) is 17.4 Å². The molecule has 1 atom stereocenters. The molecular weight excluding hydrogens is 272 g/mol. The van der Waals surface area contributed by atoms with Crippen molar-refractivity contribution >= 4 is 0 Å². The number of methoxy groups -OCH3 is 1. The molecule has 0 aliphatic rings. The van der Waals surface area contributed by atoms with Crippen LogP contribution in [0, 0.1) is 17.6 Å². The summed E-state index contributed by atoms with van der Waals surface area (Å²) in [7, 11) is 1.62. The topological polar surface area (TPSA) is 35.2 Å². The molecule has 0 aliphatic heterocycles. The maximum atomic E-state index is 13.7. The molecule has 4 heteroatoms. The van der Waals surface area contributed by atoms with Crippen LogP contribution in [0.4, 0.5) is 8.78 Å². The lowest BCUT2D eigenvalue weighted by Gasteiger charge is -2.17. The van der Waals surface area contributed by atoms with E-state index in [9.17, 15) is 8.78 Å². The molecule has 0 bridgehead atoms. The Bertz CT molecular complexity index is 601. The van der Waals surface area contributed by atoms with Gasteiger partial charge in [-0.05, 0) is 48.6 Å². The number of ether oxygens (including phenoxy) is 1. The molecule has 0 heterocycles. The predicted octanol–water partition coefficient (Wildman–Crippen LogP) is 3.33. The summed E-state index contributed by atoms with van der Waals surface area (Å²) < 4.78 is 32.0. The van der Waals surface area contributed by atoms with E-state index in [2.05, 4.69) is 0 Å². The van der Waals surface area contributed by atoms with E-state index in [0.29, 0.717) is 24.9 Å². The molecule has 2 aromatic carbocycles. The van der Waals surface area contributed by atoms with Crippen molar-refractivity contribution in [1.29, 1.82) is 0 Å². The Labute approximate surface area is 123 Å². The quantitative estimate of drug-likeness (QED) is 0.886. The fourth-order valence-electron chi connectivity index (χ4n) is 2.42. The van der Waals surface area contributed by atoms with Crippen LogP contribution in [0.2, 0.25) is 0 Å². The lowest BCUT2D eigenvalue weighted by atomic mass is 9.92. The molecule has 112 valence electrons. The van der Waals surface area contributed by atoms with Gasteiger partial charge in [0.25, 0.3) is 0 Å². The van der Waals surface area contributed by atoms with Crippen molar-refractivity contribution in [3.05, 3.63) is 65.2 Å². The Morgan fingerprint density at radius 1 is 1.05 bits per heavy atom. The number of halogens is 2. The number of benzene rings is 2. The normalized spacial score (nSPS) is 12.2. The molecule has 0 aromatic heterocycles. The third-order valence-corrected chi connectivity index (χ3v) is 3.56. The zero-order valence-electron chi connectivity index (χ0n) is 12.0. The van der Waals surface area contributed by atoms with Gasteiger partial charge in [0.1, 0.15) is 17.4 Å². The maximum absolute atomic E-state index is 13.7. The molecule has 0 spiro atoms. The van der Waals surface area contributed by atoms with Gasteiger partial charge in [0.05, 0.1) is 7.11 Å². The first kappa shape index (κ1) is 15.4. The van der Waals surface area contributed by atoms with E-state index in [1.165, 1.54) is 12.1 Å². The van der Waals surface area contributed by atoms with Crippen LogP contribution in [-0.4, -0.2) is 13.7 Å². The monoisotopic (exact) mass is 291 g/mol. The molecule has 0 amide bonds. The van der Waals surface area contributed by atoms with Gasteiger partial charge in [-0.1, -0.05) is 24.3 Å². The van der Waals surface area contributed by atoms with Crippen molar-refractivity contribution in [3.8, 4) is 5.75 Å². The minimum absolute atomic E-state index is 0.0706. The van der Waals surface area contributed by atoms with Gasteiger partial charge in [0.2, 0.25) is 0 Å². The minimum Gasteiger partial charge on any atom is -0.496 e. The third kappa shape index (κ3) is 4.02. The Morgan fingerprint density at radius 2 is 1.76 bits per heavy atom. The molecule has 0 radical (unpaired) electrons. The largest absolute Gasteiger partial charge is 0.496 e. The Kier molecular flexibility index (Phi) is 5.28. The Hall–Kier alpha value is -1.94. The van der Waals surface area contributed by atoms with Crippen LogP contribution in [0.25, 0.3) is 0 Å². The van der Waals surface area contributed by atoms with E-state index in [1.807, 2.05) is 24.3 Å². The van der Waals surface area contributed by atoms with Crippen molar-refractivity contribution in [2.24, 2.45) is 11.7 Å². The van der Waals surface area contributed by atoms with Crippen LogP contribution in [-0.2, 0) is 12.8 Å². The fraction of sp³-hybridized carbons (Fsp3) is 0.294. The molecule has 2 nitrogen and oxygen atoms in total. The summed E-state index contributed by atoms with van der Waals surface area (Å²) in [6.45, 7) is 0.425. The highest BCUT2D eigenvalue weighted by molar-refractivity contribution is 5.33. The second kappa shape index (κ2) is 7.18. The summed E-state index contributed by atoms with van der Waals surface area (Å²) in [4.78, 5) is 0. The summed E-state index contributed by atoms with van der Waals surface area (Å²) in [6.07, 6.45) is 1.16. The van der Waals surface area contributed by atoms with Crippen molar-refractivity contribution in [2.45, 2.75) is 12.8 Å².